The number of nitrogens with two attached hydrogens (primary N) is 1. The summed E-state index contributed by atoms with van der Waals surface area (Å²) in [4.78, 5) is 24.3. The third-order valence-corrected chi connectivity index (χ3v) is 2.73. The molecule has 1 unspecified atom stereocenters. The zero-order valence-corrected chi connectivity index (χ0v) is 9.24. The minimum Gasteiger partial charge on any atom is -0.358 e. The predicted octanol–water partition coefficient (Wildman–Crippen LogP) is -0.0819. The van der Waals surface area contributed by atoms with Crippen LogP contribution in [0.3, 0.4) is 0 Å². The maximum Gasteiger partial charge on any atom is 0.249 e. The van der Waals surface area contributed by atoms with Crippen molar-refractivity contribution in [2.24, 2.45) is 5.73 Å². The molecule has 1 aromatic carbocycles. The van der Waals surface area contributed by atoms with Crippen LogP contribution < -0.4 is 16.0 Å². The van der Waals surface area contributed by atoms with Gasteiger partial charge in [-0.25, -0.2) is 4.39 Å². The molecule has 0 bridgehead atoms. The van der Waals surface area contributed by atoms with Gasteiger partial charge < -0.3 is 16.0 Å². The van der Waals surface area contributed by atoms with E-state index in [1.807, 2.05) is 0 Å². The van der Waals surface area contributed by atoms with Gasteiger partial charge in [0, 0.05) is 12.6 Å². The van der Waals surface area contributed by atoms with Crippen molar-refractivity contribution < 1.29 is 14.0 Å². The zero-order valence-electron chi connectivity index (χ0n) is 9.24. The fourth-order valence-electron chi connectivity index (χ4n) is 1.82. The number of fused-ring (bicyclic) bond motifs is 1. The van der Waals surface area contributed by atoms with E-state index in [-0.39, 0.29) is 12.5 Å². The Labute approximate surface area is 97.4 Å². The van der Waals surface area contributed by atoms with E-state index >= 15 is 0 Å². The summed E-state index contributed by atoms with van der Waals surface area (Å²) >= 11 is 0. The van der Waals surface area contributed by atoms with E-state index in [1.54, 1.807) is 0 Å². The Hall–Kier alpha value is -1.95. The van der Waals surface area contributed by atoms with Crippen LogP contribution in [0, 0.1) is 5.82 Å². The summed E-state index contributed by atoms with van der Waals surface area (Å²) in [6.07, 6.45) is 0. The summed E-state index contributed by atoms with van der Waals surface area (Å²) in [5.41, 5.74) is 6.61. The van der Waals surface area contributed by atoms with Crippen LogP contribution in [0.1, 0.15) is 11.6 Å². The molecule has 1 aromatic rings. The molecule has 0 aliphatic carbocycles. The van der Waals surface area contributed by atoms with Crippen molar-refractivity contribution in [3.63, 3.8) is 0 Å². The molecule has 2 amide bonds. The highest BCUT2D eigenvalue weighted by Gasteiger charge is 2.35. The first-order valence-corrected chi connectivity index (χ1v) is 5.11. The molecular weight excluding hydrogens is 225 g/mol. The Morgan fingerprint density at radius 1 is 1.59 bits per heavy atom. The molecule has 5 nitrogen and oxygen atoms in total. The van der Waals surface area contributed by atoms with Gasteiger partial charge in [0.25, 0.3) is 0 Å². The first-order chi connectivity index (χ1) is 8.04. The smallest absolute Gasteiger partial charge is 0.249 e. The van der Waals surface area contributed by atoms with Crippen LogP contribution >= 0.6 is 0 Å². The molecule has 0 radical (unpaired) electrons. The van der Waals surface area contributed by atoms with E-state index in [2.05, 4.69) is 5.32 Å². The van der Waals surface area contributed by atoms with Crippen LogP contribution in [0.15, 0.2) is 18.2 Å². The molecular formula is C11H12FN3O2. The third-order valence-electron chi connectivity index (χ3n) is 2.73. The first-order valence-electron chi connectivity index (χ1n) is 5.11. The van der Waals surface area contributed by atoms with Gasteiger partial charge in [0.15, 0.2) is 0 Å². The number of halogens is 1. The summed E-state index contributed by atoms with van der Waals surface area (Å²) in [6.45, 7) is -0.153. The van der Waals surface area contributed by atoms with Crippen molar-refractivity contribution in [1.82, 2.24) is 5.32 Å². The normalized spacial score (nSPS) is 18.2. The number of hydrogen-bond donors (Lipinski definition) is 2. The Morgan fingerprint density at radius 3 is 2.94 bits per heavy atom. The molecule has 0 saturated carbocycles. The van der Waals surface area contributed by atoms with Crippen LogP contribution in [0.2, 0.25) is 0 Å². The van der Waals surface area contributed by atoms with Gasteiger partial charge in [-0.3, -0.25) is 9.59 Å². The second-order valence-corrected chi connectivity index (χ2v) is 3.78. The molecule has 1 atom stereocenters. The van der Waals surface area contributed by atoms with Gasteiger partial charge in [-0.05, 0) is 12.1 Å². The zero-order chi connectivity index (χ0) is 12.6. The highest BCUT2D eigenvalue weighted by Crippen LogP contribution is 2.34. The molecule has 2 rings (SSSR count). The minimum atomic E-state index is -0.824. The molecule has 90 valence electrons. The number of carbonyl (C=O) groups is 2. The molecule has 6 heteroatoms. The fourth-order valence-corrected chi connectivity index (χ4v) is 1.82. The second-order valence-electron chi connectivity index (χ2n) is 3.78. The SMILES string of the molecule is CNC(=O)CN1C(=O)C(N)c2ccc(F)cc21. The maximum atomic E-state index is 13.1. The van der Waals surface area contributed by atoms with Gasteiger partial charge in [-0.1, -0.05) is 6.07 Å². The van der Waals surface area contributed by atoms with E-state index in [9.17, 15) is 14.0 Å². The van der Waals surface area contributed by atoms with Gasteiger partial charge in [0.05, 0.1) is 5.69 Å². The van der Waals surface area contributed by atoms with Gasteiger partial charge in [-0.15, -0.1) is 0 Å². The van der Waals surface area contributed by atoms with Gasteiger partial charge in [-0.2, -0.15) is 0 Å². The van der Waals surface area contributed by atoms with Crippen molar-refractivity contribution in [2.75, 3.05) is 18.5 Å². The monoisotopic (exact) mass is 237 g/mol. The molecule has 0 aromatic heterocycles. The number of anilines is 1. The molecule has 3 N–H and O–H groups in total. The largest absolute Gasteiger partial charge is 0.358 e. The molecule has 0 spiro atoms. The Balaban J connectivity index is 2.39. The van der Waals surface area contributed by atoms with Crippen LogP contribution in [0.5, 0.6) is 0 Å². The van der Waals surface area contributed by atoms with Crippen molar-refractivity contribution in [3.8, 4) is 0 Å². The lowest BCUT2D eigenvalue weighted by atomic mass is 10.1. The van der Waals surface area contributed by atoms with E-state index in [4.69, 9.17) is 5.73 Å². The molecule has 0 fully saturated rings. The highest BCUT2D eigenvalue weighted by atomic mass is 19.1. The quantitative estimate of drug-likeness (QED) is 0.755. The van der Waals surface area contributed by atoms with Crippen molar-refractivity contribution in [2.45, 2.75) is 6.04 Å². The number of nitrogens with one attached hydrogen (secondary N) is 1. The van der Waals surface area contributed by atoms with Gasteiger partial charge in [0.2, 0.25) is 11.8 Å². The fraction of sp³-hybridized carbons (Fsp3) is 0.273. The summed E-state index contributed by atoms with van der Waals surface area (Å²) in [5.74, 6) is -1.19. The number of hydrogen-bond acceptors (Lipinski definition) is 3. The highest BCUT2D eigenvalue weighted by molar-refractivity contribution is 6.07. The lowest BCUT2D eigenvalue weighted by molar-refractivity contribution is -0.123. The number of amides is 2. The van der Waals surface area contributed by atoms with Crippen molar-refractivity contribution in [3.05, 3.63) is 29.6 Å². The molecule has 0 saturated heterocycles. The van der Waals surface area contributed by atoms with Crippen molar-refractivity contribution in [1.29, 1.82) is 0 Å². The Bertz CT molecular complexity index is 490. The first kappa shape index (κ1) is 11.5. The standard InChI is InChI=1S/C11H12FN3O2/c1-14-9(16)5-15-8-4-6(12)2-3-7(8)10(13)11(15)17/h2-4,10H,5,13H2,1H3,(H,14,16). The third kappa shape index (κ3) is 1.87. The minimum absolute atomic E-state index is 0.153. The summed E-state index contributed by atoms with van der Waals surface area (Å²) in [6, 6.07) is 3.10. The van der Waals surface area contributed by atoms with E-state index in [0.29, 0.717) is 11.3 Å². The average Bonchev–Trinajstić information content (AvgIpc) is 2.54. The second kappa shape index (κ2) is 4.14. The molecule has 1 aliphatic rings. The van der Waals surface area contributed by atoms with Crippen LogP contribution in [0.25, 0.3) is 0 Å². The number of nitrogens with zero attached hydrogens (tertiary/aromatic N) is 1. The number of benzene rings is 1. The molecule has 1 heterocycles. The van der Waals surface area contributed by atoms with E-state index in [1.165, 1.54) is 30.1 Å². The molecule has 1 aliphatic heterocycles. The Morgan fingerprint density at radius 2 is 2.29 bits per heavy atom. The lowest BCUT2D eigenvalue weighted by Gasteiger charge is -2.16. The topological polar surface area (TPSA) is 75.4 Å². The summed E-state index contributed by atoms with van der Waals surface area (Å²) < 4.78 is 13.1. The van der Waals surface area contributed by atoms with Crippen molar-refractivity contribution >= 4 is 17.5 Å². The van der Waals surface area contributed by atoms with E-state index < -0.39 is 17.8 Å². The van der Waals surface area contributed by atoms with Gasteiger partial charge >= 0.3 is 0 Å². The molecule has 17 heavy (non-hydrogen) atoms. The lowest BCUT2D eigenvalue weighted by Crippen LogP contribution is -2.39. The number of likely N-dealkylation sites (N-methyl/N-ethyl adjacent to an activating group) is 1. The van der Waals surface area contributed by atoms with Crippen LogP contribution in [0.4, 0.5) is 10.1 Å². The summed E-state index contributed by atoms with van der Waals surface area (Å²) in [7, 11) is 1.47. The predicted molar refractivity (Wildman–Crippen MR) is 59.7 cm³/mol. The van der Waals surface area contributed by atoms with Crippen LogP contribution in [-0.2, 0) is 9.59 Å². The maximum absolute atomic E-state index is 13.1. The summed E-state index contributed by atoms with van der Waals surface area (Å²) in [5, 5.41) is 2.41. The Kier molecular flexibility index (Phi) is 2.81. The average molecular weight is 237 g/mol. The van der Waals surface area contributed by atoms with E-state index in [0.717, 1.165) is 0 Å². The number of carbonyl (C=O) groups excluding carboxylic acids is 2. The van der Waals surface area contributed by atoms with Gasteiger partial charge in [0.1, 0.15) is 18.4 Å². The number of rotatable bonds is 2. The van der Waals surface area contributed by atoms with Crippen LogP contribution in [-0.4, -0.2) is 25.4 Å².